The van der Waals surface area contributed by atoms with E-state index in [4.69, 9.17) is 0 Å². The molecule has 0 spiro atoms. The number of hydrogen-bond acceptors (Lipinski definition) is 3. The summed E-state index contributed by atoms with van der Waals surface area (Å²) in [5, 5.41) is 13.2. The topological polar surface area (TPSA) is 49.3 Å². The van der Waals surface area contributed by atoms with E-state index in [-0.39, 0.29) is 0 Å². The van der Waals surface area contributed by atoms with Crippen molar-refractivity contribution in [1.82, 2.24) is 5.32 Å². The number of rotatable bonds is 3. The standard InChI is InChI=1S/C14H21NO2S/c1-10-7-12(8-11(2)14(10)16)9-15-13-3-5-18(17)6-4-13/h7-8,13,15-16H,3-6,9H2,1-2H3. The SMILES string of the molecule is Cc1cc(CNC2CCS(=O)CC2)cc(C)c1O. The van der Waals surface area contributed by atoms with Gasteiger partial charge in [-0.25, -0.2) is 0 Å². The highest BCUT2D eigenvalue weighted by Crippen LogP contribution is 2.23. The lowest BCUT2D eigenvalue weighted by Crippen LogP contribution is -2.35. The zero-order chi connectivity index (χ0) is 13.1. The highest BCUT2D eigenvalue weighted by Gasteiger charge is 2.17. The Bertz CT molecular complexity index is 426. The predicted molar refractivity (Wildman–Crippen MR) is 75.3 cm³/mol. The van der Waals surface area contributed by atoms with E-state index in [9.17, 15) is 9.32 Å². The Hall–Kier alpha value is -0.870. The fourth-order valence-corrected chi connectivity index (χ4v) is 3.71. The number of phenolic OH excluding ortho intramolecular Hbond substituents is 1. The zero-order valence-corrected chi connectivity index (χ0v) is 11.8. The number of hydrogen-bond donors (Lipinski definition) is 2. The third-order valence-electron chi connectivity index (χ3n) is 3.53. The Balaban J connectivity index is 1.92. The van der Waals surface area contributed by atoms with Crippen LogP contribution in [-0.2, 0) is 17.3 Å². The van der Waals surface area contributed by atoms with Crippen molar-refractivity contribution < 1.29 is 9.32 Å². The Labute approximate surface area is 111 Å². The molecule has 100 valence electrons. The highest BCUT2D eigenvalue weighted by atomic mass is 32.2. The molecule has 0 radical (unpaired) electrons. The van der Waals surface area contributed by atoms with Gasteiger partial charge in [-0.15, -0.1) is 0 Å². The van der Waals surface area contributed by atoms with Crippen molar-refractivity contribution in [2.45, 2.75) is 39.3 Å². The van der Waals surface area contributed by atoms with Crippen LogP contribution in [0.2, 0.25) is 0 Å². The number of nitrogens with one attached hydrogen (secondary N) is 1. The first-order valence-corrected chi connectivity index (χ1v) is 7.92. The van der Waals surface area contributed by atoms with Crippen molar-refractivity contribution in [3.05, 3.63) is 28.8 Å². The minimum atomic E-state index is -0.592. The van der Waals surface area contributed by atoms with E-state index in [2.05, 4.69) is 5.32 Å². The van der Waals surface area contributed by atoms with E-state index in [1.54, 1.807) is 0 Å². The van der Waals surface area contributed by atoms with Crippen LogP contribution in [0.15, 0.2) is 12.1 Å². The molecule has 0 atom stereocenters. The van der Waals surface area contributed by atoms with Gasteiger partial charge in [-0.1, -0.05) is 12.1 Å². The summed E-state index contributed by atoms with van der Waals surface area (Å²) >= 11 is 0. The number of aryl methyl sites for hydroxylation is 2. The van der Waals surface area contributed by atoms with Crippen LogP contribution < -0.4 is 5.32 Å². The molecule has 2 rings (SSSR count). The Morgan fingerprint density at radius 3 is 2.39 bits per heavy atom. The van der Waals surface area contributed by atoms with Gasteiger partial charge in [0.05, 0.1) is 0 Å². The third kappa shape index (κ3) is 3.33. The minimum Gasteiger partial charge on any atom is -0.507 e. The lowest BCUT2D eigenvalue weighted by atomic mass is 10.0. The first-order valence-electron chi connectivity index (χ1n) is 6.43. The summed E-state index contributed by atoms with van der Waals surface area (Å²) in [6, 6.07) is 4.53. The highest BCUT2D eigenvalue weighted by molar-refractivity contribution is 7.85. The van der Waals surface area contributed by atoms with E-state index in [1.165, 1.54) is 5.56 Å². The molecule has 1 aliphatic heterocycles. The summed E-state index contributed by atoms with van der Waals surface area (Å²) < 4.78 is 11.3. The molecule has 1 fully saturated rings. The van der Waals surface area contributed by atoms with Crippen LogP contribution in [0.25, 0.3) is 0 Å². The molecule has 0 bridgehead atoms. The minimum absolute atomic E-state index is 0.395. The van der Waals surface area contributed by atoms with Crippen molar-refractivity contribution in [2.75, 3.05) is 11.5 Å². The van der Waals surface area contributed by atoms with Gasteiger partial charge in [0.1, 0.15) is 5.75 Å². The predicted octanol–water partition coefficient (Wildman–Crippen LogP) is 2.01. The summed E-state index contributed by atoms with van der Waals surface area (Å²) in [5.41, 5.74) is 3.06. The first kappa shape index (κ1) is 13.6. The number of benzene rings is 1. The maximum Gasteiger partial charge on any atom is 0.121 e. The molecule has 0 aromatic heterocycles. The van der Waals surface area contributed by atoms with Gasteiger partial charge >= 0.3 is 0 Å². The largest absolute Gasteiger partial charge is 0.507 e. The van der Waals surface area contributed by atoms with Crippen molar-refractivity contribution >= 4 is 10.8 Å². The van der Waals surface area contributed by atoms with Crippen molar-refractivity contribution in [3.63, 3.8) is 0 Å². The monoisotopic (exact) mass is 267 g/mol. The Morgan fingerprint density at radius 1 is 1.28 bits per heavy atom. The van der Waals surface area contributed by atoms with Gasteiger partial charge in [0, 0.05) is 34.9 Å². The fraction of sp³-hybridized carbons (Fsp3) is 0.571. The summed E-state index contributed by atoms with van der Waals surface area (Å²) in [5.74, 6) is 2.04. The molecular formula is C14H21NO2S. The second-order valence-electron chi connectivity index (χ2n) is 5.08. The van der Waals surface area contributed by atoms with Gasteiger partial charge in [0.25, 0.3) is 0 Å². The molecule has 0 aliphatic carbocycles. The third-order valence-corrected chi connectivity index (χ3v) is 4.92. The van der Waals surface area contributed by atoms with E-state index in [1.807, 2.05) is 26.0 Å². The summed E-state index contributed by atoms with van der Waals surface area (Å²) in [6.07, 6.45) is 2.01. The molecular weight excluding hydrogens is 246 g/mol. The molecule has 1 heterocycles. The lowest BCUT2D eigenvalue weighted by molar-refractivity contribution is 0.463. The summed E-state index contributed by atoms with van der Waals surface area (Å²) in [4.78, 5) is 0. The average Bonchev–Trinajstić information content (AvgIpc) is 2.35. The molecule has 0 amide bonds. The van der Waals surface area contributed by atoms with E-state index in [0.29, 0.717) is 11.8 Å². The van der Waals surface area contributed by atoms with Crippen molar-refractivity contribution in [2.24, 2.45) is 0 Å². The van der Waals surface area contributed by atoms with Crippen LogP contribution in [0.3, 0.4) is 0 Å². The van der Waals surface area contributed by atoms with Crippen LogP contribution in [0.5, 0.6) is 5.75 Å². The van der Waals surface area contributed by atoms with Crippen LogP contribution in [0.1, 0.15) is 29.5 Å². The molecule has 0 unspecified atom stereocenters. The van der Waals surface area contributed by atoms with E-state index in [0.717, 1.165) is 42.0 Å². The van der Waals surface area contributed by atoms with E-state index < -0.39 is 10.8 Å². The molecule has 1 aromatic carbocycles. The number of aromatic hydroxyl groups is 1. The van der Waals surface area contributed by atoms with Crippen molar-refractivity contribution in [1.29, 1.82) is 0 Å². The van der Waals surface area contributed by atoms with E-state index >= 15 is 0 Å². The van der Waals surface area contributed by atoms with Crippen molar-refractivity contribution in [3.8, 4) is 5.75 Å². The molecule has 1 aromatic rings. The second-order valence-corrected chi connectivity index (χ2v) is 6.78. The Kier molecular flexibility index (Phi) is 4.40. The maximum atomic E-state index is 11.3. The molecule has 1 saturated heterocycles. The molecule has 2 N–H and O–H groups in total. The molecule has 3 nitrogen and oxygen atoms in total. The van der Waals surface area contributed by atoms with Gasteiger partial charge < -0.3 is 10.4 Å². The smallest absolute Gasteiger partial charge is 0.121 e. The van der Waals surface area contributed by atoms with Gasteiger partial charge in [-0.2, -0.15) is 0 Å². The van der Waals surface area contributed by atoms with Gasteiger partial charge in [-0.05, 0) is 43.4 Å². The molecule has 4 heteroatoms. The van der Waals surface area contributed by atoms with Gasteiger partial charge in [0.2, 0.25) is 0 Å². The summed E-state index contributed by atoms with van der Waals surface area (Å²) in [6.45, 7) is 4.67. The van der Waals surface area contributed by atoms with Gasteiger partial charge in [-0.3, -0.25) is 4.21 Å². The Morgan fingerprint density at radius 2 is 1.83 bits per heavy atom. The zero-order valence-electron chi connectivity index (χ0n) is 11.0. The summed E-state index contributed by atoms with van der Waals surface area (Å²) in [7, 11) is -0.592. The quantitative estimate of drug-likeness (QED) is 0.881. The molecule has 18 heavy (non-hydrogen) atoms. The normalized spacial score (nSPS) is 24.1. The van der Waals surface area contributed by atoms with Crippen LogP contribution >= 0.6 is 0 Å². The molecule has 1 aliphatic rings. The maximum absolute atomic E-state index is 11.3. The van der Waals surface area contributed by atoms with Crippen LogP contribution in [0.4, 0.5) is 0 Å². The fourth-order valence-electron chi connectivity index (χ4n) is 2.41. The molecule has 0 saturated carbocycles. The first-order chi connectivity index (χ1) is 8.56. The van der Waals surface area contributed by atoms with Crippen LogP contribution in [-0.4, -0.2) is 26.9 Å². The average molecular weight is 267 g/mol. The second kappa shape index (κ2) is 5.85. The van der Waals surface area contributed by atoms with Crippen LogP contribution in [0, 0.1) is 13.8 Å². The lowest BCUT2D eigenvalue weighted by Gasteiger charge is -2.22. The number of phenols is 1. The van der Waals surface area contributed by atoms with Gasteiger partial charge in [0.15, 0.2) is 0 Å².